The van der Waals surface area contributed by atoms with Crippen molar-refractivity contribution in [3.05, 3.63) is 29.3 Å². The summed E-state index contributed by atoms with van der Waals surface area (Å²) in [5, 5.41) is 9.17. The van der Waals surface area contributed by atoms with E-state index in [1.165, 1.54) is 23.2 Å². The molecule has 3 N–H and O–H groups in total. The van der Waals surface area contributed by atoms with Crippen molar-refractivity contribution >= 4 is 11.7 Å². The maximum atomic E-state index is 11.5. The second-order valence-corrected chi connectivity index (χ2v) is 5.80. The number of anilines is 1. The summed E-state index contributed by atoms with van der Waals surface area (Å²) < 4.78 is 0. The molecule has 0 bridgehead atoms. The lowest BCUT2D eigenvalue weighted by molar-refractivity contribution is 0.239. The number of urea groups is 1. The largest absolute Gasteiger partial charge is 0.385 e. The van der Waals surface area contributed by atoms with Crippen LogP contribution in [0.5, 0.6) is 0 Å². The highest BCUT2D eigenvalue weighted by molar-refractivity contribution is 5.73. The molecule has 1 aliphatic heterocycles. The molecule has 0 atom stereocenters. The van der Waals surface area contributed by atoms with Crippen LogP contribution in [0.25, 0.3) is 0 Å². The Balaban J connectivity index is 1.75. The monoisotopic (exact) mass is 275 g/mol. The highest BCUT2D eigenvalue weighted by Gasteiger charge is 2.08. The maximum Gasteiger partial charge on any atom is 0.314 e. The van der Waals surface area contributed by atoms with E-state index in [1.54, 1.807) is 0 Å². The number of amides is 2. The Labute approximate surface area is 121 Å². The van der Waals surface area contributed by atoms with E-state index in [2.05, 4.69) is 48.0 Å². The van der Waals surface area contributed by atoms with Gasteiger partial charge >= 0.3 is 6.03 Å². The molecule has 20 heavy (non-hydrogen) atoms. The Hall–Kier alpha value is -1.71. The normalized spacial score (nSPS) is 13.6. The first-order chi connectivity index (χ1) is 9.65. The van der Waals surface area contributed by atoms with Gasteiger partial charge in [0.25, 0.3) is 0 Å². The van der Waals surface area contributed by atoms with Crippen molar-refractivity contribution < 1.29 is 4.79 Å². The lowest BCUT2D eigenvalue weighted by atomic mass is 9.99. The molecule has 2 rings (SSSR count). The summed E-state index contributed by atoms with van der Waals surface area (Å²) in [6, 6.07) is 6.49. The molecule has 2 amide bonds. The first kappa shape index (κ1) is 14.7. The quantitative estimate of drug-likeness (QED) is 0.773. The van der Waals surface area contributed by atoms with Crippen molar-refractivity contribution in [3.8, 4) is 0 Å². The van der Waals surface area contributed by atoms with E-state index < -0.39 is 0 Å². The van der Waals surface area contributed by atoms with Crippen LogP contribution >= 0.6 is 0 Å². The zero-order chi connectivity index (χ0) is 14.4. The van der Waals surface area contributed by atoms with E-state index in [0.29, 0.717) is 12.5 Å². The SMILES string of the molecule is CC(C)CNC(=O)NCCc1ccc2c(c1)CCCN2. The molecule has 0 radical (unpaired) electrons. The van der Waals surface area contributed by atoms with Gasteiger partial charge in [-0.15, -0.1) is 0 Å². The minimum Gasteiger partial charge on any atom is -0.385 e. The number of fused-ring (bicyclic) bond motifs is 1. The van der Waals surface area contributed by atoms with Crippen LogP contribution in [0.4, 0.5) is 10.5 Å². The van der Waals surface area contributed by atoms with Crippen LogP contribution in [0.1, 0.15) is 31.4 Å². The van der Waals surface area contributed by atoms with Crippen LogP contribution in [0.15, 0.2) is 18.2 Å². The molecule has 0 saturated carbocycles. The Morgan fingerprint density at radius 2 is 2.20 bits per heavy atom. The smallest absolute Gasteiger partial charge is 0.314 e. The van der Waals surface area contributed by atoms with Gasteiger partial charge in [0.15, 0.2) is 0 Å². The summed E-state index contributed by atoms with van der Waals surface area (Å²) in [6.45, 7) is 6.64. The van der Waals surface area contributed by atoms with Crippen molar-refractivity contribution in [3.63, 3.8) is 0 Å². The van der Waals surface area contributed by atoms with Crippen molar-refractivity contribution in [2.45, 2.75) is 33.1 Å². The van der Waals surface area contributed by atoms with E-state index in [0.717, 1.165) is 25.9 Å². The van der Waals surface area contributed by atoms with Gasteiger partial charge in [0.05, 0.1) is 0 Å². The van der Waals surface area contributed by atoms with Crippen molar-refractivity contribution in [2.75, 3.05) is 25.0 Å². The average molecular weight is 275 g/mol. The van der Waals surface area contributed by atoms with Crippen molar-refractivity contribution in [1.82, 2.24) is 10.6 Å². The molecule has 4 nitrogen and oxygen atoms in total. The van der Waals surface area contributed by atoms with Gasteiger partial charge in [0, 0.05) is 25.3 Å². The van der Waals surface area contributed by atoms with E-state index in [9.17, 15) is 4.79 Å². The zero-order valence-corrected chi connectivity index (χ0v) is 12.5. The van der Waals surface area contributed by atoms with E-state index in [-0.39, 0.29) is 6.03 Å². The van der Waals surface area contributed by atoms with Crippen LogP contribution in [0, 0.1) is 5.92 Å². The molecular formula is C16H25N3O. The fourth-order valence-electron chi connectivity index (χ4n) is 2.36. The first-order valence-corrected chi connectivity index (χ1v) is 7.52. The molecule has 0 saturated heterocycles. The van der Waals surface area contributed by atoms with Gasteiger partial charge in [0.2, 0.25) is 0 Å². The van der Waals surface area contributed by atoms with Gasteiger partial charge in [-0.05, 0) is 42.4 Å². The Morgan fingerprint density at radius 1 is 1.35 bits per heavy atom. The van der Waals surface area contributed by atoms with E-state index >= 15 is 0 Å². The molecule has 1 heterocycles. The molecule has 1 aliphatic rings. The average Bonchev–Trinajstić information content (AvgIpc) is 2.45. The van der Waals surface area contributed by atoms with Crippen LogP contribution in [0.2, 0.25) is 0 Å². The number of hydrogen-bond donors (Lipinski definition) is 3. The fourth-order valence-corrected chi connectivity index (χ4v) is 2.36. The number of carbonyl (C=O) groups is 1. The molecule has 110 valence electrons. The number of benzene rings is 1. The van der Waals surface area contributed by atoms with Crippen LogP contribution in [0.3, 0.4) is 0 Å². The lowest BCUT2D eigenvalue weighted by Crippen LogP contribution is -2.38. The standard InChI is InChI=1S/C16H25N3O/c1-12(2)11-19-16(20)18-9-7-13-5-6-15-14(10-13)4-3-8-17-15/h5-6,10,12,17H,3-4,7-9,11H2,1-2H3,(H2,18,19,20). The number of aryl methyl sites for hydroxylation is 1. The summed E-state index contributed by atoms with van der Waals surface area (Å²) in [5.74, 6) is 0.480. The molecule has 0 spiro atoms. The van der Waals surface area contributed by atoms with Gasteiger partial charge in [-0.3, -0.25) is 0 Å². The third-order valence-electron chi connectivity index (χ3n) is 3.48. The third kappa shape index (κ3) is 4.44. The van der Waals surface area contributed by atoms with Gasteiger partial charge in [0.1, 0.15) is 0 Å². The third-order valence-corrected chi connectivity index (χ3v) is 3.48. The molecule has 0 fully saturated rings. The summed E-state index contributed by atoms with van der Waals surface area (Å²) in [6.07, 6.45) is 3.23. The number of rotatable bonds is 5. The summed E-state index contributed by atoms with van der Waals surface area (Å²) in [7, 11) is 0. The Morgan fingerprint density at radius 3 is 3.00 bits per heavy atom. The fraction of sp³-hybridized carbons (Fsp3) is 0.562. The van der Waals surface area contributed by atoms with Crippen molar-refractivity contribution in [1.29, 1.82) is 0 Å². The Bertz CT molecular complexity index is 457. The molecule has 0 aromatic heterocycles. The predicted molar refractivity (Wildman–Crippen MR) is 83.2 cm³/mol. The molecule has 0 unspecified atom stereocenters. The van der Waals surface area contributed by atoms with Gasteiger partial charge in [-0.1, -0.05) is 26.0 Å². The number of nitrogens with one attached hydrogen (secondary N) is 3. The van der Waals surface area contributed by atoms with E-state index in [4.69, 9.17) is 0 Å². The highest BCUT2D eigenvalue weighted by Crippen LogP contribution is 2.22. The summed E-state index contributed by atoms with van der Waals surface area (Å²) in [5.41, 5.74) is 3.96. The molecule has 0 aliphatic carbocycles. The molecule has 1 aromatic rings. The first-order valence-electron chi connectivity index (χ1n) is 7.52. The number of hydrogen-bond acceptors (Lipinski definition) is 2. The molecule has 4 heteroatoms. The highest BCUT2D eigenvalue weighted by atomic mass is 16.2. The predicted octanol–water partition coefficient (Wildman–Crippen LogP) is 2.54. The van der Waals surface area contributed by atoms with Crippen LogP contribution in [-0.4, -0.2) is 25.7 Å². The van der Waals surface area contributed by atoms with Gasteiger partial charge < -0.3 is 16.0 Å². The lowest BCUT2D eigenvalue weighted by Gasteiger charge is -2.18. The Kier molecular flexibility index (Phi) is 5.27. The second kappa shape index (κ2) is 7.17. The summed E-state index contributed by atoms with van der Waals surface area (Å²) >= 11 is 0. The minimum atomic E-state index is -0.0710. The van der Waals surface area contributed by atoms with Gasteiger partial charge in [-0.25, -0.2) is 4.79 Å². The van der Waals surface area contributed by atoms with Crippen LogP contribution < -0.4 is 16.0 Å². The summed E-state index contributed by atoms with van der Waals surface area (Å²) in [4.78, 5) is 11.5. The number of carbonyl (C=O) groups excluding carboxylic acids is 1. The molecular weight excluding hydrogens is 250 g/mol. The van der Waals surface area contributed by atoms with E-state index in [1.807, 2.05) is 0 Å². The minimum absolute atomic E-state index is 0.0710. The van der Waals surface area contributed by atoms with Gasteiger partial charge in [-0.2, -0.15) is 0 Å². The maximum absolute atomic E-state index is 11.5. The zero-order valence-electron chi connectivity index (χ0n) is 12.5. The van der Waals surface area contributed by atoms with Crippen LogP contribution in [-0.2, 0) is 12.8 Å². The molecule has 1 aromatic carbocycles. The second-order valence-electron chi connectivity index (χ2n) is 5.80. The topological polar surface area (TPSA) is 53.2 Å². The van der Waals surface area contributed by atoms with Crippen molar-refractivity contribution in [2.24, 2.45) is 5.92 Å².